The maximum atomic E-state index is 12.2. The van der Waals surface area contributed by atoms with Crippen molar-refractivity contribution in [1.29, 1.82) is 0 Å². The monoisotopic (exact) mass is 337 g/mol. The van der Waals surface area contributed by atoms with E-state index < -0.39 is 5.97 Å². The first-order chi connectivity index (χ1) is 9.50. The van der Waals surface area contributed by atoms with Crippen LogP contribution < -0.4 is 5.32 Å². The molecule has 3 rings (SSSR count). The maximum Gasteiger partial charge on any atom is 0.335 e. The van der Waals surface area contributed by atoms with E-state index in [1.54, 1.807) is 6.07 Å². The maximum absolute atomic E-state index is 12.2. The average Bonchev–Trinajstić information content (AvgIpc) is 3.27. The van der Waals surface area contributed by atoms with Crippen molar-refractivity contribution in [3.8, 4) is 0 Å². The highest BCUT2D eigenvalue weighted by atomic mass is 79.9. The van der Waals surface area contributed by atoms with Crippen molar-refractivity contribution in [2.45, 2.75) is 25.7 Å². The fourth-order valence-corrected chi connectivity index (χ4v) is 3.28. The van der Waals surface area contributed by atoms with Crippen LogP contribution in [0.2, 0.25) is 0 Å². The largest absolute Gasteiger partial charge is 0.478 e. The molecule has 0 bridgehead atoms. The van der Waals surface area contributed by atoms with Crippen molar-refractivity contribution in [3.63, 3.8) is 0 Å². The molecule has 1 amide bonds. The molecular weight excluding hydrogens is 322 g/mol. The van der Waals surface area contributed by atoms with Gasteiger partial charge in [-0.2, -0.15) is 0 Å². The Balaban J connectivity index is 1.69. The van der Waals surface area contributed by atoms with Gasteiger partial charge in [0.1, 0.15) is 0 Å². The second kappa shape index (κ2) is 4.88. The van der Waals surface area contributed by atoms with E-state index in [1.165, 1.54) is 37.8 Å². The predicted octanol–water partition coefficient (Wildman–Crippen LogP) is 3.07. The van der Waals surface area contributed by atoms with E-state index >= 15 is 0 Å². The number of hydrogen-bond donors (Lipinski definition) is 2. The number of hydrogen-bond acceptors (Lipinski definition) is 2. The number of rotatable bonds is 5. The first-order valence-corrected chi connectivity index (χ1v) is 7.62. The first-order valence-electron chi connectivity index (χ1n) is 6.82. The molecule has 0 unspecified atom stereocenters. The van der Waals surface area contributed by atoms with Gasteiger partial charge in [-0.05, 0) is 55.2 Å². The second-order valence-electron chi connectivity index (χ2n) is 5.85. The van der Waals surface area contributed by atoms with Gasteiger partial charge in [0.25, 0.3) is 5.91 Å². The number of halogens is 1. The van der Waals surface area contributed by atoms with Gasteiger partial charge < -0.3 is 10.4 Å². The molecule has 2 aliphatic rings. The summed E-state index contributed by atoms with van der Waals surface area (Å²) in [5, 5.41) is 12.0. The zero-order chi connectivity index (χ0) is 14.3. The molecule has 20 heavy (non-hydrogen) atoms. The van der Waals surface area contributed by atoms with Crippen LogP contribution in [0.3, 0.4) is 0 Å². The number of amides is 1. The summed E-state index contributed by atoms with van der Waals surface area (Å²) in [5.41, 5.74) is 0.855. The molecule has 0 heterocycles. The van der Waals surface area contributed by atoms with Gasteiger partial charge in [0.15, 0.2) is 0 Å². The highest BCUT2D eigenvalue weighted by Crippen LogP contribution is 2.60. The highest BCUT2D eigenvalue weighted by molar-refractivity contribution is 9.10. The Morgan fingerprint density at radius 2 is 1.90 bits per heavy atom. The van der Waals surface area contributed by atoms with Crippen LogP contribution in [0.5, 0.6) is 0 Å². The van der Waals surface area contributed by atoms with E-state index in [4.69, 9.17) is 5.11 Å². The van der Waals surface area contributed by atoms with Crippen LogP contribution >= 0.6 is 15.9 Å². The van der Waals surface area contributed by atoms with E-state index in [0.717, 1.165) is 5.92 Å². The van der Waals surface area contributed by atoms with Crippen molar-refractivity contribution >= 4 is 27.8 Å². The quantitative estimate of drug-likeness (QED) is 0.867. The minimum atomic E-state index is -1.03. The summed E-state index contributed by atoms with van der Waals surface area (Å²) in [4.78, 5) is 23.2. The Hall–Kier alpha value is -1.36. The molecule has 4 nitrogen and oxygen atoms in total. The van der Waals surface area contributed by atoms with Crippen molar-refractivity contribution in [1.82, 2.24) is 5.32 Å². The molecule has 2 N–H and O–H groups in total. The zero-order valence-electron chi connectivity index (χ0n) is 11.0. The molecule has 0 atom stereocenters. The fourth-order valence-electron chi connectivity index (χ4n) is 2.79. The van der Waals surface area contributed by atoms with E-state index in [0.29, 0.717) is 22.0 Å². The molecule has 5 heteroatoms. The summed E-state index contributed by atoms with van der Waals surface area (Å²) in [5.74, 6) is -0.433. The number of carboxylic acids is 1. The Bertz CT molecular complexity index is 576. The van der Waals surface area contributed by atoms with Crippen LogP contribution in [0.15, 0.2) is 22.7 Å². The molecule has 106 valence electrons. The number of carboxylic acid groups (broad SMARTS) is 1. The summed E-state index contributed by atoms with van der Waals surface area (Å²) in [7, 11) is 0. The molecular formula is C15H16BrNO3. The second-order valence-corrected chi connectivity index (χ2v) is 6.77. The van der Waals surface area contributed by atoms with Crippen LogP contribution in [0, 0.1) is 11.3 Å². The van der Waals surface area contributed by atoms with Crippen LogP contribution in [-0.2, 0) is 0 Å². The fraction of sp³-hybridized carbons (Fsp3) is 0.467. The van der Waals surface area contributed by atoms with Crippen molar-refractivity contribution in [2.75, 3.05) is 6.54 Å². The van der Waals surface area contributed by atoms with E-state index in [1.807, 2.05) is 0 Å². The Kier molecular flexibility index (Phi) is 3.32. The molecule has 2 saturated carbocycles. The number of benzene rings is 1. The minimum absolute atomic E-state index is 0.118. The number of aromatic carboxylic acids is 1. The number of carbonyl (C=O) groups is 2. The standard InChI is InChI=1S/C15H16BrNO3/c16-12-6-9(5-10(7-12)14(19)20)13(18)17-8-15(3-4-15)11-1-2-11/h5-7,11H,1-4,8H2,(H,17,18)(H,19,20). The van der Waals surface area contributed by atoms with E-state index in [-0.39, 0.29) is 11.5 Å². The predicted molar refractivity (Wildman–Crippen MR) is 77.8 cm³/mol. The summed E-state index contributed by atoms with van der Waals surface area (Å²) >= 11 is 3.24. The van der Waals surface area contributed by atoms with Gasteiger partial charge in [0, 0.05) is 16.6 Å². The molecule has 0 saturated heterocycles. The molecule has 2 fully saturated rings. The van der Waals surface area contributed by atoms with Gasteiger partial charge in [-0.1, -0.05) is 15.9 Å². The summed E-state index contributed by atoms with van der Waals surface area (Å²) in [6, 6.07) is 4.56. The van der Waals surface area contributed by atoms with Crippen LogP contribution in [0.25, 0.3) is 0 Å². The molecule has 0 aliphatic heterocycles. The molecule has 1 aromatic rings. The van der Waals surface area contributed by atoms with Crippen molar-refractivity contribution < 1.29 is 14.7 Å². The highest BCUT2D eigenvalue weighted by Gasteiger charge is 2.53. The summed E-state index contributed by atoms with van der Waals surface area (Å²) in [6.07, 6.45) is 4.99. The van der Waals surface area contributed by atoms with E-state index in [9.17, 15) is 9.59 Å². The smallest absolute Gasteiger partial charge is 0.335 e. The summed E-state index contributed by atoms with van der Waals surface area (Å²) < 4.78 is 0.603. The van der Waals surface area contributed by atoms with Gasteiger partial charge in [-0.15, -0.1) is 0 Å². The Morgan fingerprint density at radius 3 is 2.45 bits per heavy atom. The topological polar surface area (TPSA) is 66.4 Å². The average molecular weight is 338 g/mol. The summed E-state index contributed by atoms with van der Waals surface area (Å²) in [6.45, 7) is 0.714. The molecule has 2 aliphatic carbocycles. The Labute approximate surface area is 125 Å². The lowest BCUT2D eigenvalue weighted by molar-refractivity contribution is 0.0697. The Morgan fingerprint density at radius 1 is 1.25 bits per heavy atom. The van der Waals surface area contributed by atoms with Gasteiger partial charge >= 0.3 is 5.97 Å². The van der Waals surface area contributed by atoms with Crippen LogP contribution in [0.1, 0.15) is 46.4 Å². The normalized spacial score (nSPS) is 19.4. The van der Waals surface area contributed by atoms with Gasteiger partial charge in [0.05, 0.1) is 5.56 Å². The third-order valence-electron chi connectivity index (χ3n) is 4.34. The lowest BCUT2D eigenvalue weighted by atomic mass is 10.0. The molecule has 0 spiro atoms. The molecule has 0 radical (unpaired) electrons. The molecule has 0 aromatic heterocycles. The zero-order valence-corrected chi connectivity index (χ0v) is 12.6. The molecule has 1 aromatic carbocycles. The van der Waals surface area contributed by atoms with E-state index in [2.05, 4.69) is 21.2 Å². The van der Waals surface area contributed by atoms with Crippen molar-refractivity contribution in [2.24, 2.45) is 11.3 Å². The third-order valence-corrected chi connectivity index (χ3v) is 4.80. The van der Waals surface area contributed by atoms with Crippen molar-refractivity contribution in [3.05, 3.63) is 33.8 Å². The van der Waals surface area contributed by atoms with Gasteiger partial charge in [-0.25, -0.2) is 4.79 Å². The minimum Gasteiger partial charge on any atom is -0.478 e. The van der Waals surface area contributed by atoms with Crippen LogP contribution in [-0.4, -0.2) is 23.5 Å². The van der Waals surface area contributed by atoms with Gasteiger partial charge in [-0.3, -0.25) is 4.79 Å². The number of nitrogens with one attached hydrogen (secondary N) is 1. The van der Waals surface area contributed by atoms with Gasteiger partial charge in [0.2, 0.25) is 0 Å². The first kappa shape index (κ1) is 13.6. The lowest BCUT2D eigenvalue weighted by Crippen LogP contribution is -2.31. The van der Waals surface area contributed by atoms with Crippen LogP contribution in [0.4, 0.5) is 0 Å². The number of carbonyl (C=O) groups excluding carboxylic acids is 1. The third kappa shape index (κ3) is 2.73. The lowest BCUT2D eigenvalue weighted by Gasteiger charge is -2.15. The SMILES string of the molecule is O=C(O)c1cc(Br)cc(C(=O)NCC2(C3CC3)CC2)c1.